The average Bonchev–Trinajstić information content (AvgIpc) is 3.48. The lowest BCUT2D eigenvalue weighted by atomic mass is 9.96. The number of nitrogens with one attached hydrogen (secondary N) is 1. The van der Waals surface area contributed by atoms with E-state index in [-0.39, 0.29) is 23.5 Å². The lowest BCUT2D eigenvalue weighted by molar-refractivity contribution is -0.132. The monoisotopic (exact) mass is 399 g/mol. The first-order valence-electron chi connectivity index (χ1n) is 10.4. The molecule has 156 valence electrons. The van der Waals surface area contributed by atoms with Crippen molar-refractivity contribution in [1.29, 1.82) is 0 Å². The largest absolute Gasteiger partial charge is 0.348 e. The predicted molar refractivity (Wildman–Crippen MR) is 114 cm³/mol. The first-order valence-corrected chi connectivity index (χ1v) is 10.4. The molecule has 0 bridgehead atoms. The van der Waals surface area contributed by atoms with Gasteiger partial charge in [0.2, 0.25) is 5.91 Å². The molecule has 0 radical (unpaired) electrons. The van der Waals surface area contributed by atoms with Crippen molar-refractivity contribution in [3.05, 3.63) is 40.8 Å². The smallest absolute Gasteiger partial charge is 0.269 e. The zero-order valence-corrected chi connectivity index (χ0v) is 17.9. The fourth-order valence-electron chi connectivity index (χ4n) is 3.74. The molecule has 2 aliphatic rings. The van der Waals surface area contributed by atoms with Crippen LogP contribution in [0.3, 0.4) is 0 Å². The van der Waals surface area contributed by atoms with Gasteiger partial charge in [-0.1, -0.05) is 19.9 Å². The number of hydrogen-bond acceptors (Lipinski definition) is 2. The number of nitrogens with zero attached hydrogens (tertiary/aromatic N) is 2. The SMILES string of the molecule is CC.Cc1cc(C2=CCCN(C(=O)C3CC3)C2)c(F)c2[nH]c(C(=O)N(C)C)cc12. The van der Waals surface area contributed by atoms with Gasteiger partial charge in [0.25, 0.3) is 5.91 Å². The normalized spacial score (nSPS) is 16.2. The van der Waals surface area contributed by atoms with Crippen LogP contribution in [-0.4, -0.2) is 53.8 Å². The fraction of sp³-hybridized carbons (Fsp3) is 0.478. The predicted octanol–water partition coefficient (Wildman–Crippen LogP) is 4.37. The molecule has 0 saturated heterocycles. The number of aryl methyl sites for hydroxylation is 1. The number of benzene rings is 1. The summed E-state index contributed by atoms with van der Waals surface area (Å²) in [6.07, 6.45) is 4.70. The molecule has 1 N–H and O–H groups in total. The summed E-state index contributed by atoms with van der Waals surface area (Å²) >= 11 is 0. The van der Waals surface area contributed by atoms with Crippen LogP contribution in [0, 0.1) is 18.7 Å². The molecule has 6 heteroatoms. The average molecular weight is 400 g/mol. The molecule has 2 amide bonds. The van der Waals surface area contributed by atoms with Crippen LogP contribution in [0.15, 0.2) is 18.2 Å². The third-order valence-corrected chi connectivity index (χ3v) is 5.43. The van der Waals surface area contributed by atoms with Gasteiger partial charge in [-0.3, -0.25) is 9.59 Å². The molecule has 5 nitrogen and oxygen atoms in total. The second-order valence-corrected chi connectivity index (χ2v) is 7.78. The van der Waals surface area contributed by atoms with E-state index in [0.717, 1.165) is 30.4 Å². The molecule has 1 fully saturated rings. The molecule has 1 aromatic carbocycles. The standard InChI is InChI=1S/C21H24FN3O2.C2H6/c1-12-9-16(14-5-4-8-25(11-14)20(26)13-6-7-13)18(22)19-15(12)10-17(23-19)21(27)24(2)3;1-2/h5,9-10,13,23H,4,6-8,11H2,1-3H3;1-2H3. The van der Waals surface area contributed by atoms with Gasteiger partial charge in [-0.2, -0.15) is 0 Å². The van der Waals surface area contributed by atoms with E-state index in [1.807, 2.05) is 37.8 Å². The van der Waals surface area contributed by atoms with E-state index in [2.05, 4.69) is 4.98 Å². The molecule has 4 rings (SSSR count). The number of H-pyrrole nitrogens is 1. The number of carbonyl (C=O) groups is 2. The number of aromatic nitrogens is 1. The van der Waals surface area contributed by atoms with Crippen LogP contribution in [0.2, 0.25) is 0 Å². The van der Waals surface area contributed by atoms with Crippen LogP contribution in [0.5, 0.6) is 0 Å². The van der Waals surface area contributed by atoms with Crippen molar-refractivity contribution in [2.45, 2.75) is 40.0 Å². The van der Waals surface area contributed by atoms with Crippen LogP contribution < -0.4 is 0 Å². The topological polar surface area (TPSA) is 56.4 Å². The number of fused-ring (bicyclic) bond motifs is 1. The Morgan fingerprint density at radius 3 is 2.52 bits per heavy atom. The third-order valence-electron chi connectivity index (χ3n) is 5.43. The Labute approximate surface area is 171 Å². The van der Waals surface area contributed by atoms with Crippen LogP contribution in [0.25, 0.3) is 16.5 Å². The summed E-state index contributed by atoms with van der Waals surface area (Å²) in [5, 5.41) is 0.712. The number of amides is 2. The van der Waals surface area contributed by atoms with E-state index < -0.39 is 0 Å². The van der Waals surface area contributed by atoms with E-state index in [1.54, 1.807) is 20.2 Å². The summed E-state index contributed by atoms with van der Waals surface area (Å²) in [7, 11) is 3.33. The molecular formula is C23H30FN3O2. The summed E-state index contributed by atoms with van der Waals surface area (Å²) in [6.45, 7) is 7.06. The molecule has 0 spiro atoms. The Bertz CT molecular complexity index is 970. The molecule has 2 aromatic rings. The maximum atomic E-state index is 15.3. The molecular weight excluding hydrogens is 369 g/mol. The van der Waals surface area contributed by atoms with Crippen molar-refractivity contribution in [3.8, 4) is 0 Å². The van der Waals surface area contributed by atoms with Gasteiger partial charge >= 0.3 is 0 Å². The number of halogens is 1. The minimum atomic E-state index is -0.361. The summed E-state index contributed by atoms with van der Waals surface area (Å²) in [5.74, 6) is -0.191. The zero-order chi connectivity index (χ0) is 21.3. The van der Waals surface area contributed by atoms with E-state index >= 15 is 4.39 Å². The summed E-state index contributed by atoms with van der Waals surface area (Å²) in [4.78, 5) is 30.9. The Morgan fingerprint density at radius 1 is 1.21 bits per heavy atom. The molecule has 0 atom stereocenters. The van der Waals surface area contributed by atoms with E-state index in [4.69, 9.17) is 0 Å². The van der Waals surface area contributed by atoms with Crippen LogP contribution in [0.1, 0.15) is 54.7 Å². The maximum absolute atomic E-state index is 15.3. The van der Waals surface area contributed by atoms with Gasteiger partial charge in [0, 0.05) is 44.1 Å². The minimum Gasteiger partial charge on any atom is -0.348 e. The van der Waals surface area contributed by atoms with E-state index in [1.165, 1.54) is 4.90 Å². The lowest BCUT2D eigenvalue weighted by Gasteiger charge is -2.28. The molecule has 1 saturated carbocycles. The number of rotatable bonds is 3. The molecule has 0 unspecified atom stereocenters. The van der Waals surface area contributed by atoms with Crippen molar-refractivity contribution >= 4 is 28.3 Å². The molecule has 29 heavy (non-hydrogen) atoms. The van der Waals surface area contributed by atoms with E-state index in [9.17, 15) is 9.59 Å². The number of aromatic amines is 1. The quantitative estimate of drug-likeness (QED) is 0.833. The molecule has 2 heterocycles. The van der Waals surface area contributed by atoms with Gasteiger partial charge < -0.3 is 14.8 Å². The van der Waals surface area contributed by atoms with Crippen LogP contribution in [0.4, 0.5) is 4.39 Å². The minimum absolute atomic E-state index is 0.168. The molecule has 1 aliphatic heterocycles. The Balaban J connectivity index is 0.00000117. The highest BCUT2D eigenvalue weighted by Crippen LogP contribution is 2.35. The summed E-state index contributed by atoms with van der Waals surface area (Å²) < 4.78 is 15.3. The highest BCUT2D eigenvalue weighted by atomic mass is 19.1. The van der Waals surface area contributed by atoms with Crippen molar-refractivity contribution in [1.82, 2.24) is 14.8 Å². The Kier molecular flexibility index (Phi) is 6.10. The van der Waals surface area contributed by atoms with Crippen LogP contribution >= 0.6 is 0 Å². The third kappa shape index (κ3) is 4.07. The maximum Gasteiger partial charge on any atom is 0.269 e. The van der Waals surface area contributed by atoms with Crippen molar-refractivity contribution in [3.63, 3.8) is 0 Å². The van der Waals surface area contributed by atoms with E-state index in [0.29, 0.717) is 35.2 Å². The molecule has 1 aliphatic carbocycles. The fourth-order valence-corrected chi connectivity index (χ4v) is 3.74. The summed E-state index contributed by atoms with van der Waals surface area (Å²) in [6, 6.07) is 3.53. The zero-order valence-electron chi connectivity index (χ0n) is 17.9. The first kappa shape index (κ1) is 21.1. The molecule has 1 aromatic heterocycles. The first-order chi connectivity index (χ1) is 13.9. The highest BCUT2D eigenvalue weighted by molar-refractivity contribution is 5.99. The van der Waals surface area contributed by atoms with Crippen molar-refractivity contribution < 1.29 is 14.0 Å². The van der Waals surface area contributed by atoms with Gasteiger partial charge in [0.1, 0.15) is 5.69 Å². The Hall–Kier alpha value is -2.63. The highest BCUT2D eigenvalue weighted by Gasteiger charge is 2.34. The number of hydrogen-bond donors (Lipinski definition) is 1. The van der Waals surface area contributed by atoms with Gasteiger partial charge in [-0.15, -0.1) is 0 Å². The van der Waals surface area contributed by atoms with Crippen LogP contribution in [-0.2, 0) is 4.79 Å². The van der Waals surface area contributed by atoms with Gasteiger partial charge in [-0.25, -0.2) is 4.39 Å². The van der Waals surface area contributed by atoms with Gasteiger partial charge in [0.05, 0.1) is 5.52 Å². The van der Waals surface area contributed by atoms with Gasteiger partial charge in [0.15, 0.2) is 5.82 Å². The Morgan fingerprint density at radius 2 is 1.90 bits per heavy atom. The number of carbonyl (C=O) groups excluding carboxylic acids is 2. The summed E-state index contributed by atoms with van der Waals surface area (Å²) in [5.41, 5.74) is 2.98. The second-order valence-electron chi connectivity index (χ2n) is 7.78. The van der Waals surface area contributed by atoms with Gasteiger partial charge in [-0.05, 0) is 49.5 Å². The lowest BCUT2D eigenvalue weighted by Crippen LogP contribution is -2.36. The van der Waals surface area contributed by atoms with Crippen molar-refractivity contribution in [2.24, 2.45) is 5.92 Å². The second kappa shape index (κ2) is 8.39. The van der Waals surface area contributed by atoms with Crippen molar-refractivity contribution in [2.75, 3.05) is 27.2 Å².